The molecule has 1 aromatic heterocycles. The predicted molar refractivity (Wildman–Crippen MR) is 113 cm³/mol. The molecule has 3 aromatic rings. The highest BCUT2D eigenvalue weighted by atomic mass is 16.6. The first-order valence-electron chi connectivity index (χ1n) is 9.67. The number of rotatable bonds is 6. The molecule has 7 heteroatoms. The molecule has 29 heavy (non-hydrogen) atoms. The van der Waals surface area contributed by atoms with Gasteiger partial charge < -0.3 is 10.0 Å². The number of fused-ring (bicyclic) bond motifs is 1. The van der Waals surface area contributed by atoms with E-state index in [1.807, 2.05) is 30.1 Å². The first-order chi connectivity index (χ1) is 14.0. The third-order valence-electron chi connectivity index (χ3n) is 5.53. The fourth-order valence-electron chi connectivity index (χ4n) is 4.18. The van der Waals surface area contributed by atoms with Gasteiger partial charge in [0.15, 0.2) is 0 Å². The van der Waals surface area contributed by atoms with Crippen LogP contribution in [0.15, 0.2) is 60.8 Å². The zero-order valence-corrected chi connectivity index (χ0v) is 16.4. The topological polar surface area (TPSA) is 82.7 Å². The van der Waals surface area contributed by atoms with E-state index in [-0.39, 0.29) is 10.6 Å². The SMILES string of the molecule is CN(CC1(O)CCN(Cc2ccccc2)C1)c1ccc([N+](=O)[O-])c2cccnc12. The summed E-state index contributed by atoms with van der Waals surface area (Å²) in [7, 11) is 1.90. The Morgan fingerprint density at radius 1 is 1.21 bits per heavy atom. The van der Waals surface area contributed by atoms with Crippen molar-refractivity contribution in [2.24, 2.45) is 0 Å². The van der Waals surface area contributed by atoms with E-state index in [1.165, 1.54) is 11.6 Å². The van der Waals surface area contributed by atoms with E-state index < -0.39 is 5.60 Å². The van der Waals surface area contributed by atoms with Crippen LogP contribution >= 0.6 is 0 Å². The Hall–Kier alpha value is -3.03. The van der Waals surface area contributed by atoms with E-state index in [1.54, 1.807) is 24.4 Å². The van der Waals surface area contributed by atoms with Gasteiger partial charge in [0.25, 0.3) is 5.69 Å². The molecule has 1 aliphatic rings. The number of pyridine rings is 1. The molecule has 1 saturated heterocycles. The average molecular weight is 392 g/mol. The molecule has 0 aliphatic carbocycles. The molecule has 1 fully saturated rings. The van der Waals surface area contributed by atoms with E-state index >= 15 is 0 Å². The van der Waals surface area contributed by atoms with Crippen molar-refractivity contribution >= 4 is 22.3 Å². The fraction of sp³-hybridized carbons (Fsp3) is 0.318. The van der Waals surface area contributed by atoms with Gasteiger partial charge in [-0.2, -0.15) is 0 Å². The van der Waals surface area contributed by atoms with Crippen LogP contribution in [0.25, 0.3) is 10.9 Å². The van der Waals surface area contributed by atoms with E-state index in [0.717, 1.165) is 18.8 Å². The zero-order valence-electron chi connectivity index (χ0n) is 16.4. The largest absolute Gasteiger partial charge is 0.387 e. The maximum atomic E-state index is 11.3. The van der Waals surface area contributed by atoms with Crippen LogP contribution in [0, 0.1) is 10.1 Å². The minimum absolute atomic E-state index is 0.0406. The van der Waals surface area contributed by atoms with Gasteiger partial charge in [0.1, 0.15) is 5.52 Å². The molecule has 150 valence electrons. The number of hydrogen-bond acceptors (Lipinski definition) is 6. The normalized spacial score (nSPS) is 19.5. The van der Waals surface area contributed by atoms with E-state index in [0.29, 0.717) is 30.4 Å². The number of nitro groups is 1. The van der Waals surface area contributed by atoms with Crippen molar-refractivity contribution in [2.45, 2.75) is 18.6 Å². The molecule has 0 spiro atoms. The van der Waals surface area contributed by atoms with Crippen molar-refractivity contribution in [3.8, 4) is 0 Å². The Morgan fingerprint density at radius 2 is 2.00 bits per heavy atom. The molecule has 1 N–H and O–H groups in total. The number of nitro benzene ring substituents is 1. The number of benzene rings is 2. The highest BCUT2D eigenvalue weighted by molar-refractivity contribution is 5.97. The number of aromatic nitrogens is 1. The van der Waals surface area contributed by atoms with E-state index in [2.05, 4.69) is 22.0 Å². The lowest BCUT2D eigenvalue weighted by molar-refractivity contribution is -0.383. The third kappa shape index (κ3) is 4.06. The highest BCUT2D eigenvalue weighted by Gasteiger charge is 2.37. The number of anilines is 1. The van der Waals surface area contributed by atoms with Crippen LogP contribution in [0.1, 0.15) is 12.0 Å². The van der Waals surface area contributed by atoms with Crippen molar-refractivity contribution < 1.29 is 10.0 Å². The number of β-amino-alcohol motifs (C(OH)–C–C–N with tert-alkyl or cyclic N) is 1. The number of aliphatic hydroxyl groups is 1. The second kappa shape index (κ2) is 7.77. The van der Waals surface area contributed by atoms with Crippen LogP contribution in [0.3, 0.4) is 0 Å². The molecule has 0 amide bonds. The molecule has 2 heterocycles. The summed E-state index contributed by atoms with van der Waals surface area (Å²) in [4.78, 5) is 19.5. The summed E-state index contributed by atoms with van der Waals surface area (Å²) in [5.41, 5.74) is 1.79. The summed E-state index contributed by atoms with van der Waals surface area (Å²) in [5.74, 6) is 0. The summed E-state index contributed by atoms with van der Waals surface area (Å²) in [6, 6.07) is 16.9. The molecule has 2 aromatic carbocycles. The van der Waals surface area contributed by atoms with Gasteiger partial charge in [-0.15, -0.1) is 0 Å². The van der Waals surface area contributed by atoms with E-state index in [9.17, 15) is 15.2 Å². The van der Waals surface area contributed by atoms with Gasteiger partial charge in [-0.3, -0.25) is 20.0 Å². The molecule has 0 saturated carbocycles. The summed E-state index contributed by atoms with van der Waals surface area (Å²) < 4.78 is 0. The molecule has 1 unspecified atom stereocenters. The van der Waals surface area contributed by atoms with Crippen LogP contribution in [0.5, 0.6) is 0 Å². The van der Waals surface area contributed by atoms with Crippen LogP contribution in [-0.2, 0) is 6.54 Å². The van der Waals surface area contributed by atoms with Crippen LogP contribution in [-0.4, -0.2) is 52.2 Å². The lowest BCUT2D eigenvalue weighted by Crippen LogP contribution is -2.44. The minimum Gasteiger partial charge on any atom is -0.387 e. The zero-order chi connectivity index (χ0) is 20.4. The maximum Gasteiger partial charge on any atom is 0.278 e. The quantitative estimate of drug-likeness (QED) is 0.512. The predicted octanol–water partition coefficient (Wildman–Crippen LogP) is 3.22. The number of nitrogens with zero attached hydrogens (tertiary/aromatic N) is 4. The Bertz CT molecular complexity index is 1030. The minimum atomic E-state index is -0.841. The molecule has 4 rings (SSSR count). The lowest BCUT2D eigenvalue weighted by atomic mass is 10.0. The molecular weight excluding hydrogens is 368 g/mol. The molecular formula is C22H24N4O3. The number of non-ortho nitro benzene ring substituents is 1. The standard InChI is InChI=1S/C22H24N4O3/c1-24(20-10-9-19(26(28)29)18-8-5-12-23-21(18)20)15-22(27)11-13-25(16-22)14-17-6-3-2-4-7-17/h2-10,12,27H,11,13-16H2,1H3. The Morgan fingerprint density at radius 3 is 2.76 bits per heavy atom. The van der Waals surface area contributed by atoms with Crippen molar-refractivity contribution in [3.05, 3.63) is 76.5 Å². The monoisotopic (exact) mass is 392 g/mol. The van der Waals surface area contributed by atoms with E-state index in [4.69, 9.17) is 0 Å². The molecule has 1 aliphatic heterocycles. The fourth-order valence-corrected chi connectivity index (χ4v) is 4.18. The smallest absolute Gasteiger partial charge is 0.278 e. The second-order valence-electron chi connectivity index (χ2n) is 7.79. The first-order valence-corrected chi connectivity index (χ1v) is 9.67. The van der Waals surface area contributed by atoms with Crippen molar-refractivity contribution in [3.63, 3.8) is 0 Å². The number of hydrogen-bond donors (Lipinski definition) is 1. The van der Waals surface area contributed by atoms with Gasteiger partial charge in [-0.1, -0.05) is 30.3 Å². The summed E-state index contributed by atoms with van der Waals surface area (Å²) in [6.07, 6.45) is 2.32. The van der Waals surface area contributed by atoms with Gasteiger partial charge in [0, 0.05) is 45.5 Å². The first kappa shape index (κ1) is 19.3. The van der Waals surface area contributed by atoms with Crippen molar-refractivity contribution in [1.29, 1.82) is 0 Å². The molecule has 0 bridgehead atoms. The van der Waals surface area contributed by atoms with Crippen LogP contribution in [0.4, 0.5) is 11.4 Å². The Balaban J connectivity index is 1.52. The van der Waals surface area contributed by atoms with Gasteiger partial charge in [0.2, 0.25) is 0 Å². The van der Waals surface area contributed by atoms with Gasteiger partial charge in [0.05, 0.1) is 21.6 Å². The number of likely N-dealkylation sites (tertiary alicyclic amines) is 1. The van der Waals surface area contributed by atoms with Gasteiger partial charge >= 0.3 is 0 Å². The summed E-state index contributed by atoms with van der Waals surface area (Å²) >= 11 is 0. The number of likely N-dealkylation sites (N-methyl/N-ethyl adjacent to an activating group) is 1. The Kier molecular flexibility index (Phi) is 5.17. The van der Waals surface area contributed by atoms with Crippen LogP contribution < -0.4 is 4.90 Å². The maximum absolute atomic E-state index is 11.3. The average Bonchev–Trinajstić information content (AvgIpc) is 3.07. The van der Waals surface area contributed by atoms with Crippen molar-refractivity contribution in [2.75, 3.05) is 31.6 Å². The highest BCUT2D eigenvalue weighted by Crippen LogP contribution is 2.33. The summed E-state index contributed by atoms with van der Waals surface area (Å²) in [5, 5.41) is 23.0. The molecule has 0 radical (unpaired) electrons. The molecule has 7 nitrogen and oxygen atoms in total. The van der Waals surface area contributed by atoms with Gasteiger partial charge in [-0.05, 0) is 30.2 Å². The summed E-state index contributed by atoms with van der Waals surface area (Å²) in [6.45, 7) is 2.67. The third-order valence-corrected chi connectivity index (χ3v) is 5.53. The second-order valence-corrected chi connectivity index (χ2v) is 7.79. The van der Waals surface area contributed by atoms with Crippen molar-refractivity contribution in [1.82, 2.24) is 9.88 Å². The molecule has 1 atom stereocenters. The Labute approximate surface area is 169 Å². The lowest BCUT2D eigenvalue weighted by Gasteiger charge is -2.30. The van der Waals surface area contributed by atoms with Gasteiger partial charge in [-0.25, -0.2) is 0 Å². The van der Waals surface area contributed by atoms with Crippen LogP contribution in [0.2, 0.25) is 0 Å².